The van der Waals surface area contributed by atoms with Gasteiger partial charge in [-0.25, -0.2) is 4.98 Å². The van der Waals surface area contributed by atoms with Crippen LogP contribution >= 0.6 is 0 Å². The third kappa shape index (κ3) is 3.57. The Morgan fingerprint density at radius 2 is 2.15 bits per heavy atom. The standard InChI is InChI=1S/C13H20N4O3/c1-2-20-10-3-11(18)16-6-8-17(9-7-16)12-13(19)15-5-4-14-12/h4-5H,2-3,6-10H2,1H3,(H,15,19). The average molecular weight is 280 g/mol. The molecule has 0 atom stereocenters. The maximum absolute atomic E-state index is 11.9. The molecule has 0 bridgehead atoms. The molecule has 1 aromatic rings. The second kappa shape index (κ2) is 7.04. The summed E-state index contributed by atoms with van der Waals surface area (Å²) in [5, 5.41) is 0. The minimum absolute atomic E-state index is 0.105. The molecular formula is C13H20N4O3. The number of aromatic amines is 1. The second-order valence-electron chi connectivity index (χ2n) is 4.56. The number of ether oxygens (including phenoxy) is 1. The molecule has 1 N–H and O–H groups in total. The molecule has 1 aliphatic heterocycles. The van der Waals surface area contributed by atoms with Crippen molar-refractivity contribution in [2.24, 2.45) is 0 Å². The first-order chi connectivity index (χ1) is 9.72. The predicted octanol–water partition coefficient (Wildman–Crippen LogP) is -0.155. The Hall–Kier alpha value is -1.89. The van der Waals surface area contributed by atoms with E-state index in [1.54, 1.807) is 6.20 Å². The van der Waals surface area contributed by atoms with Gasteiger partial charge in [-0.2, -0.15) is 0 Å². The molecule has 0 aromatic carbocycles. The van der Waals surface area contributed by atoms with Crippen LogP contribution in [0.2, 0.25) is 0 Å². The predicted molar refractivity (Wildman–Crippen MR) is 74.8 cm³/mol. The summed E-state index contributed by atoms with van der Waals surface area (Å²) < 4.78 is 5.19. The van der Waals surface area contributed by atoms with Crippen LogP contribution in [0, 0.1) is 0 Å². The average Bonchev–Trinajstić information content (AvgIpc) is 2.48. The van der Waals surface area contributed by atoms with Crippen LogP contribution in [-0.4, -0.2) is 60.2 Å². The van der Waals surface area contributed by atoms with Gasteiger partial charge in [0.2, 0.25) is 5.91 Å². The van der Waals surface area contributed by atoms with Gasteiger partial charge in [0, 0.05) is 45.2 Å². The summed E-state index contributed by atoms with van der Waals surface area (Å²) in [5.41, 5.74) is -0.191. The molecule has 1 fully saturated rings. The Bertz CT molecular complexity index is 494. The first-order valence-electron chi connectivity index (χ1n) is 6.86. The molecular weight excluding hydrogens is 260 g/mol. The SMILES string of the molecule is CCOCCC(=O)N1CCN(c2ncc[nH]c2=O)CC1. The fraction of sp³-hybridized carbons (Fsp3) is 0.615. The smallest absolute Gasteiger partial charge is 0.290 e. The van der Waals surface area contributed by atoms with Crippen LogP contribution in [0.25, 0.3) is 0 Å². The fourth-order valence-electron chi connectivity index (χ4n) is 2.20. The molecule has 2 heterocycles. The highest BCUT2D eigenvalue weighted by atomic mass is 16.5. The Morgan fingerprint density at radius 1 is 1.40 bits per heavy atom. The van der Waals surface area contributed by atoms with Crippen molar-refractivity contribution < 1.29 is 9.53 Å². The van der Waals surface area contributed by atoms with E-state index in [1.807, 2.05) is 16.7 Å². The lowest BCUT2D eigenvalue weighted by atomic mass is 10.3. The first kappa shape index (κ1) is 14.5. The van der Waals surface area contributed by atoms with Crippen LogP contribution in [0.15, 0.2) is 17.2 Å². The van der Waals surface area contributed by atoms with E-state index in [0.717, 1.165) is 0 Å². The fourth-order valence-corrected chi connectivity index (χ4v) is 2.20. The van der Waals surface area contributed by atoms with Gasteiger partial charge in [0.05, 0.1) is 13.0 Å². The monoisotopic (exact) mass is 280 g/mol. The number of nitrogens with zero attached hydrogens (tertiary/aromatic N) is 3. The van der Waals surface area contributed by atoms with Crippen LogP contribution in [0.3, 0.4) is 0 Å². The van der Waals surface area contributed by atoms with Gasteiger partial charge in [-0.1, -0.05) is 0 Å². The van der Waals surface area contributed by atoms with Gasteiger partial charge < -0.3 is 19.5 Å². The molecule has 110 valence electrons. The molecule has 0 aliphatic carbocycles. The maximum Gasteiger partial charge on any atom is 0.290 e. The Kier molecular flexibility index (Phi) is 5.11. The van der Waals surface area contributed by atoms with Crippen LogP contribution in [0.4, 0.5) is 5.82 Å². The Morgan fingerprint density at radius 3 is 2.80 bits per heavy atom. The molecule has 7 heteroatoms. The number of anilines is 1. The summed E-state index contributed by atoms with van der Waals surface area (Å²) >= 11 is 0. The minimum atomic E-state index is -0.191. The van der Waals surface area contributed by atoms with Gasteiger partial charge in [0.15, 0.2) is 5.82 Å². The zero-order chi connectivity index (χ0) is 14.4. The second-order valence-corrected chi connectivity index (χ2v) is 4.56. The Labute approximate surface area is 117 Å². The number of carbonyl (C=O) groups excluding carboxylic acids is 1. The third-order valence-corrected chi connectivity index (χ3v) is 3.29. The normalized spacial score (nSPS) is 15.4. The minimum Gasteiger partial charge on any atom is -0.381 e. The number of hydrogen-bond acceptors (Lipinski definition) is 5. The number of nitrogens with one attached hydrogen (secondary N) is 1. The zero-order valence-electron chi connectivity index (χ0n) is 11.7. The number of carbonyl (C=O) groups is 1. The molecule has 2 rings (SSSR count). The van der Waals surface area contributed by atoms with Crippen LogP contribution < -0.4 is 10.5 Å². The largest absolute Gasteiger partial charge is 0.381 e. The number of piperazine rings is 1. The van der Waals surface area contributed by atoms with Gasteiger partial charge >= 0.3 is 0 Å². The summed E-state index contributed by atoms with van der Waals surface area (Å²) in [4.78, 5) is 34.0. The van der Waals surface area contributed by atoms with Crippen molar-refractivity contribution >= 4 is 11.7 Å². The van der Waals surface area contributed by atoms with Crippen molar-refractivity contribution in [1.29, 1.82) is 0 Å². The number of hydrogen-bond donors (Lipinski definition) is 1. The van der Waals surface area contributed by atoms with Crippen molar-refractivity contribution in [3.05, 3.63) is 22.7 Å². The first-order valence-corrected chi connectivity index (χ1v) is 6.86. The number of amides is 1. The molecule has 0 radical (unpaired) electrons. The lowest BCUT2D eigenvalue weighted by Crippen LogP contribution is -2.50. The van der Waals surface area contributed by atoms with Crippen LogP contribution in [0.1, 0.15) is 13.3 Å². The van der Waals surface area contributed by atoms with Gasteiger partial charge in [-0.15, -0.1) is 0 Å². The van der Waals surface area contributed by atoms with E-state index in [4.69, 9.17) is 4.74 Å². The van der Waals surface area contributed by atoms with Gasteiger partial charge in [-0.05, 0) is 6.92 Å². The van der Waals surface area contributed by atoms with Gasteiger partial charge in [0.1, 0.15) is 0 Å². The lowest BCUT2D eigenvalue weighted by molar-refractivity contribution is -0.132. The van der Waals surface area contributed by atoms with Crippen LogP contribution in [-0.2, 0) is 9.53 Å². The molecule has 20 heavy (non-hydrogen) atoms. The number of aromatic nitrogens is 2. The van der Waals surface area contributed by atoms with E-state index in [9.17, 15) is 9.59 Å². The molecule has 7 nitrogen and oxygen atoms in total. The quantitative estimate of drug-likeness (QED) is 0.759. The number of H-pyrrole nitrogens is 1. The summed E-state index contributed by atoms with van der Waals surface area (Å²) in [6, 6.07) is 0. The van der Waals surface area contributed by atoms with Crippen molar-refractivity contribution in [2.45, 2.75) is 13.3 Å². The lowest BCUT2D eigenvalue weighted by Gasteiger charge is -2.34. The summed E-state index contributed by atoms with van der Waals surface area (Å²) in [6.45, 7) is 5.48. The summed E-state index contributed by atoms with van der Waals surface area (Å²) in [6.07, 6.45) is 3.49. The van der Waals surface area contributed by atoms with Gasteiger partial charge in [0.25, 0.3) is 5.56 Å². The van der Waals surface area contributed by atoms with Crippen molar-refractivity contribution in [2.75, 3.05) is 44.3 Å². The molecule has 1 saturated heterocycles. The van der Waals surface area contributed by atoms with Crippen molar-refractivity contribution in [3.63, 3.8) is 0 Å². The number of rotatable bonds is 5. The van der Waals surface area contributed by atoms with E-state index >= 15 is 0 Å². The molecule has 1 amide bonds. The summed E-state index contributed by atoms with van der Waals surface area (Å²) in [5.74, 6) is 0.530. The van der Waals surface area contributed by atoms with E-state index in [2.05, 4.69) is 9.97 Å². The van der Waals surface area contributed by atoms with Crippen LogP contribution in [0.5, 0.6) is 0 Å². The highest BCUT2D eigenvalue weighted by Gasteiger charge is 2.22. The highest BCUT2D eigenvalue weighted by molar-refractivity contribution is 5.76. The molecule has 1 aliphatic rings. The van der Waals surface area contributed by atoms with Crippen molar-refractivity contribution in [3.8, 4) is 0 Å². The van der Waals surface area contributed by atoms with E-state index in [-0.39, 0.29) is 11.5 Å². The summed E-state index contributed by atoms with van der Waals surface area (Å²) in [7, 11) is 0. The topological polar surface area (TPSA) is 78.5 Å². The van der Waals surface area contributed by atoms with E-state index in [0.29, 0.717) is 51.6 Å². The van der Waals surface area contributed by atoms with E-state index in [1.165, 1.54) is 6.20 Å². The molecule has 0 spiro atoms. The third-order valence-electron chi connectivity index (χ3n) is 3.29. The molecule has 0 unspecified atom stereocenters. The molecule has 0 saturated carbocycles. The zero-order valence-corrected chi connectivity index (χ0v) is 11.7. The Balaban J connectivity index is 1.85. The van der Waals surface area contributed by atoms with Crippen molar-refractivity contribution in [1.82, 2.24) is 14.9 Å². The van der Waals surface area contributed by atoms with E-state index < -0.39 is 0 Å². The highest BCUT2D eigenvalue weighted by Crippen LogP contribution is 2.09. The van der Waals surface area contributed by atoms with Gasteiger partial charge in [-0.3, -0.25) is 9.59 Å². The molecule has 1 aromatic heterocycles. The maximum atomic E-state index is 11.9.